The lowest BCUT2D eigenvalue weighted by Gasteiger charge is -2.56. The van der Waals surface area contributed by atoms with Crippen LogP contribution in [-0.2, 0) is 10.2 Å². The number of benzene rings is 2. The zero-order chi connectivity index (χ0) is 23.6. The predicted molar refractivity (Wildman–Crippen MR) is 122 cm³/mol. The number of aromatic nitrogens is 1. The molecule has 2 amide bonds. The first-order valence-electron chi connectivity index (χ1n) is 11.2. The van der Waals surface area contributed by atoms with Gasteiger partial charge in [0.1, 0.15) is 5.75 Å². The number of aromatic amines is 1. The molecule has 1 fully saturated rings. The molecule has 9 nitrogen and oxygen atoms in total. The van der Waals surface area contributed by atoms with Gasteiger partial charge >= 0.3 is 0 Å². The van der Waals surface area contributed by atoms with Crippen LogP contribution in [-0.4, -0.2) is 71.8 Å². The molecule has 1 aromatic heterocycles. The van der Waals surface area contributed by atoms with Gasteiger partial charge in [-0.1, -0.05) is 0 Å². The smallest absolute Gasteiger partial charge is 0.254 e. The van der Waals surface area contributed by atoms with E-state index in [0.717, 1.165) is 27.9 Å². The van der Waals surface area contributed by atoms with Crippen molar-refractivity contribution in [1.82, 2.24) is 14.8 Å². The molecule has 1 spiro atoms. The number of fused-ring (bicyclic) bond motifs is 5. The Hall–Kier alpha value is -3.72. The molecule has 34 heavy (non-hydrogen) atoms. The van der Waals surface area contributed by atoms with Gasteiger partial charge in [-0.15, -0.1) is 0 Å². The summed E-state index contributed by atoms with van der Waals surface area (Å²) in [5.74, 6) is 1.72. The zero-order valence-electron chi connectivity index (χ0n) is 19.0. The van der Waals surface area contributed by atoms with E-state index in [2.05, 4.69) is 4.98 Å². The maximum atomic E-state index is 13.3. The number of ether oxygens (including phenoxy) is 3. The highest BCUT2D eigenvalue weighted by atomic mass is 16.7. The normalized spacial score (nSPS) is 19.8. The summed E-state index contributed by atoms with van der Waals surface area (Å²) in [6.45, 7) is 2.85. The second-order valence-corrected chi connectivity index (χ2v) is 9.18. The minimum absolute atomic E-state index is 0.0920. The van der Waals surface area contributed by atoms with Crippen molar-refractivity contribution in [2.24, 2.45) is 0 Å². The average molecular weight is 463 g/mol. The van der Waals surface area contributed by atoms with Crippen LogP contribution in [0.2, 0.25) is 0 Å². The van der Waals surface area contributed by atoms with E-state index in [1.807, 2.05) is 18.2 Å². The summed E-state index contributed by atoms with van der Waals surface area (Å²) in [5, 5.41) is 11.2. The zero-order valence-corrected chi connectivity index (χ0v) is 19.0. The molecular formula is C25H25N3O6. The van der Waals surface area contributed by atoms with Gasteiger partial charge in [0.05, 0.1) is 25.2 Å². The summed E-state index contributed by atoms with van der Waals surface area (Å²) in [7, 11) is 1.62. The first-order valence-corrected chi connectivity index (χ1v) is 11.2. The molecule has 1 atom stereocenters. The van der Waals surface area contributed by atoms with E-state index in [4.69, 9.17) is 14.2 Å². The second-order valence-electron chi connectivity index (χ2n) is 9.18. The van der Waals surface area contributed by atoms with Gasteiger partial charge in [-0.25, -0.2) is 0 Å². The van der Waals surface area contributed by atoms with Crippen LogP contribution in [0.1, 0.15) is 34.6 Å². The van der Waals surface area contributed by atoms with Crippen molar-refractivity contribution in [3.8, 4) is 17.2 Å². The van der Waals surface area contributed by atoms with Crippen LogP contribution in [0.4, 0.5) is 0 Å². The van der Waals surface area contributed by atoms with Gasteiger partial charge in [0.25, 0.3) is 5.91 Å². The topological polar surface area (TPSA) is 104 Å². The fourth-order valence-corrected chi connectivity index (χ4v) is 5.64. The summed E-state index contributed by atoms with van der Waals surface area (Å²) in [4.78, 5) is 32.7. The number of methoxy groups -OCH3 is 1. The van der Waals surface area contributed by atoms with Crippen LogP contribution in [0.5, 0.6) is 17.2 Å². The number of carbonyl (C=O) groups excluding carboxylic acids is 2. The Morgan fingerprint density at radius 1 is 1.15 bits per heavy atom. The maximum Gasteiger partial charge on any atom is 0.254 e. The fourth-order valence-electron chi connectivity index (χ4n) is 5.64. The van der Waals surface area contributed by atoms with Crippen LogP contribution in [0, 0.1) is 0 Å². The predicted octanol–water partition coefficient (Wildman–Crippen LogP) is 2.19. The van der Waals surface area contributed by atoms with Crippen molar-refractivity contribution in [2.75, 3.05) is 40.1 Å². The highest BCUT2D eigenvalue weighted by Gasteiger charge is 2.54. The number of aliphatic hydroxyl groups excluding tert-OH is 1. The highest BCUT2D eigenvalue weighted by Crippen LogP contribution is 2.49. The molecule has 3 aliphatic rings. The van der Waals surface area contributed by atoms with Crippen LogP contribution < -0.4 is 14.2 Å². The van der Waals surface area contributed by atoms with E-state index < -0.39 is 11.5 Å². The number of nitrogens with zero attached hydrogens (tertiary/aromatic N) is 2. The Balaban J connectivity index is 1.38. The Morgan fingerprint density at radius 3 is 2.68 bits per heavy atom. The molecule has 1 saturated heterocycles. The van der Waals surface area contributed by atoms with Crippen molar-refractivity contribution in [3.63, 3.8) is 0 Å². The van der Waals surface area contributed by atoms with Gasteiger partial charge in [-0.05, 0) is 35.9 Å². The molecule has 6 rings (SSSR count). The Labute approximate surface area is 195 Å². The van der Waals surface area contributed by atoms with E-state index >= 15 is 0 Å². The number of hydrogen-bond acceptors (Lipinski definition) is 6. The first-order chi connectivity index (χ1) is 16.4. The van der Waals surface area contributed by atoms with Crippen LogP contribution >= 0.6 is 0 Å². The van der Waals surface area contributed by atoms with Gasteiger partial charge in [0.2, 0.25) is 12.7 Å². The summed E-state index contributed by atoms with van der Waals surface area (Å²) in [5.41, 5.74) is 2.88. The number of carbonyl (C=O) groups is 2. The van der Waals surface area contributed by atoms with Crippen LogP contribution in [0.25, 0.3) is 10.9 Å². The summed E-state index contributed by atoms with van der Waals surface area (Å²) < 4.78 is 16.2. The van der Waals surface area contributed by atoms with Crippen molar-refractivity contribution in [1.29, 1.82) is 0 Å². The van der Waals surface area contributed by atoms with Gasteiger partial charge in [-0.3, -0.25) is 9.59 Å². The first kappa shape index (κ1) is 20.9. The Bertz CT molecular complexity index is 1330. The second kappa shape index (κ2) is 7.39. The lowest BCUT2D eigenvalue weighted by molar-refractivity contribution is -0.136. The minimum atomic E-state index is -0.463. The van der Waals surface area contributed by atoms with Crippen molar-refractivity contribution in [3.05, 3.63) is 53.2 Å². The molecule has 3 aromatic rings. The summed E-state index contributed by atoms with van der Waals surface area (Å²) in [6.07, 6.45) is 0. The van der Waals surface area contributed by atoms with Crippen molar-refractivity contribution >= 4 is 22.7 Å². The molecule has 4 heterocycles. The standard InChI is InChI=1S/C25H25N3O6/c1-14(30)28-12-25(10-27(11-25)24(31)15-3-6-20-21(7-15)34-13-33-20)22-17-5-4-16(32-2)8-18(17)26-23(22)19(28)9-29/h3-8,19,26,29H,9-13H2,1-2H3/t19-/m0/s1. The number of amides is 2. The quantitative estimate of drug-likeness (QED) is 0.617. The summed E-state index contributed by atoms with van der Waals surface area (Å²) in [6, 6.07) is 10.6. The lowest BCUT2D eigenvalue weighted by Crippen LogP contribution is -2.68. The Morgan fingerprint density at radius 2 is 1.94 bits per heavy atom. The molecule has 9 heteroatoms. The third-order valence-corrected chi connectivity index (χ3v) is 7.22. The largest absolute Gasteiger partial charge is 0.497 e. The molecule has 176 valence electrons. The van der Waals surface area contributed by atoms with E-state index in [-0.39, 0.29) is 25.2 Å². The van der Waals surface area contributed by atoms with E-state index in [0.29, 0.717) is 36.7 Å². The van der Waals surface area contributed by atoms with Gasteiger partial charge in [0.15, 0.2) is 11.5 Å². The van der Waals surface area contributed by atoms with Gasteiger partial charge in [0, 0.05) is 54.8 Å². The molecule has 0 bridgehead atoms. The number of H-pyrrole nitrogens is 1. The number of nitrogens with one attached hydrogen (secondary N) is 1. The molecular weight excluding hydrogens is 438 g/mol. The molecule has 3 aliphatic heterocycles. The molecule has 0 saturated carbocycles. The van der Waals surface area contributed by atoms with Crippen molar-refractivity contribution < 1.29 is 28.9 Å². The third-order valence-electron chi connectivity index (χ3n) is 7.22. The molecule has 2 N–H and O–H groups in total. The minimum Gasteiger partial charge on any atom is -0.497 e. The molecule has 0 unspecified atom stereocenters. The molecule has 0 aliphatic carbocycles. The van der Waals surface area contributed by atoms with Gasteiger partial charge in [-0.2, -0.15) is 0 Å². The van der Waals surface area contributed by atoms with E-state index in [9.17, 15) is 14.7 Å². The fraction of sp³-hybridized carbons (Fsp3) is 0.360. The number of aliphatic hydroxyl groups is 1. The van der Waals surface area contributed by atoms with E-state index in [1.165, 1.54) is 6.92 Å². The van der Waals surface area contributed by atoms with E-state index in [1.54, 1.807) is 35.1 Å². The Kier molecular flexibility index (Phi) is 4.54. The third kappa shape index (κ3) is 2.89. The van der Waals surface area contributed by atoms with Crippen LogP contribution in [0.15, 0.2) is 36.4 Å². The molecule has 0 radical (unpaired) electrons. The van der Waals surface area contributed by atoms with Gasteiger partial charge < -0.3 is 34.1 Å². The lowest BCUT2D eigenvalue weighted by atomic mass is 9.68. The maximum absolute atomic E-state index is 13.3. The summed E-state index contributed by atoms with van der Waals surface area (Å²) >= 11 is 0. The van der Waals surface area contributed by atoms with Crippen molar-refractivity contribution in [2.45, 2.75) is 18.4 Å². The number of hydrogen-bond donors (Lipinski definition) is 2. The SMILES string of the molecule is COc1ccc2c3c([nH]c2c1)[C@H](CO)N(C(C)=O)CC31CN(C(=O)c2ccc3c(c2)OCO3)C1. The van der Waals surface area contributed by atoms with Crippen LogP contribution in [0.3, 0.4) is 0 Å². The molecule has 2 aromatic carbocycles. The number of likely N-dealkylation sites (tertiary alicyclic amines) is 1. The number of rotatable bonds is 3. The monoisotopic (exact) mass is 463 g/mol. The highest BCUT2D eigenvalue weighted by molar-refractivity contribution is 5.96. The average Bonchev–Trinajstić information content (AvgIpc) is 3.44.